The Morgan fingerprint density at radius 1 is 0.438 bits per heavy atom. The summed E-state index contributed by atoms with van der Waals surface area (Å²) in [5.41, 5.74) is 13.9. The normalized spacial score (nSPS) is 12.1. The fraction of sp³-hybridized carbons (Fsp3) is 0.0222. The molecule has 3 nitrogen and oxygen atoms in total. The lowest BCUT2D eigenvalue weighted by Gasteiger charge is -2.13. The molecule has 224 valence electrons. The van der Waals surface area contributed by atoms with Crippen molar-refractivity contribution in [3.63, 3.8) is 0 Å². The molecule has 0 unspecified atom stereocenters. The van der Waals surface area contributed by atoms with Crippen molar-refractivity contribution in [1.82, 2.24) is 14.5 Å². The standard InChI is InChI=1S/C45H29N3/c1-2-13-30(14-3-1)45-46-43-36-25-24-32(26-33(36)28-40(43)44(47-45)39-21-11-15-29-12-4-5-18-35(29)39)31-16-10-17-34(27-31)48-41-22-8-6-19-37(41)38-20-7-9-23-42(38)48/h1-27H,28H2. The zero-order valence-electron chi connectivity index (χ0n) is 26.1. The predicted octanol–water partition coefficient (Wildman–Crippen LogP) is 11.3. The first-order chi connectivity index (χ1) is 23.8. The van der Waals surface area contributed by atoms with Gasteiger partial charge in [0.1, 0.15) is 0 Å². The van der Waals surface area contributed by atoms with E-state index in [1.807, 2.05) is 6.07 Å². The van der Waals surface area contributed by atoms with E-state index in [4.69, 9.17) is 9.97 Å². The van der Waals surface area contributed by atoms with E-state index < -0.39 is 0 Å². The molecular formula is C45H29N3. The number of hydrogen-bond donors (Lipinski definition) is 0. The van der Waals surface area contributed by atoms with Gasteiger partial charge in [-0.1, -0.05) is 140 Å². The highest BCUT2D eigenvalue weighted by atomic mass is 15.0. The minimum absolute atomic E-state index is 0.757. The summed E-state index contributed by atoms with van der Waals surface area (Å²) in [6, 6.07) is 58.6. The molecule has 48 heavy (non-hydrogen) atoms. The van der Waals surface area contributed by atoms with Gasteiger partial charge < -0.3 is 4.57 Å². The van der Waals surface area contributed by atoms with Crippen molar-refractivity contribution < 1.29 is 0 Å². The first kappa shape index (κ1) is 26.9. The van der Waals surface area contributed by atoms with Gasteiger partial charge in [0.05, 0.1) is 22.4 Å². The highest BCUT2D eigenvalue weighted by Gasteiger charge is 2.27. The van der Waals surface area contributed by atoms with Gasteiger partial charge in [-0.2, -0.15) is 0 Å². The van der Waals surface area contributed by atoms with Gasteiger partial charge in [0.25, 0.3) is 0 Å². The van der Waals surface area contributed by atoms with Crippen molar-refractivity contribution in [3.05, 3.63) is 175 Å². The minimum atomic E-state index is 0.757. The number of fused-ring (bicyclic) bond motifs is 7. The van der Waals surface area contributed by atoms with Gasteiger partial charge in [-0.25, -0.2) is 9.97 Å². The third-order valence-corrected chi connectivity index (χ3v) is 9.83. The molecule has 0 aliphatic heterocycles. The Balaban J connectivity index is 1.12. The van der Waals surface area contributed by atoms with Crippen LogP contribution in [0.25, 0.3) is 83.3 Å². The van der Waals surface area contributed by atoms with Crippen LogP contribution in [0, 0.1) is 0 Å². The van der Waals surface area contributed by atoms with E-state index in [0.29, 0.717) is 0 Å². The van der Waals surface area contributed by atoms with Crippen LogP contribution < -0.4 is 0 Å². The fourth-order valence-electron chi connectivity index (χ4n) is 7.61. The number of rotatable bonds is 4. The third-order valence-electron chi connectivity index (χ3n) is 9.83. The Labute approximate surface area is 278 Å². The molecule has 0 radical (unpaired) electrons. The van der Waals surface area contributed by atoms with Crippen LogP contribution in [0.1, 0.15) is 11.1 Å². The predicted molar refractivity (Wildman–Crippen MR) is 198 cm³/mol. The van der Waals surface area contributed by atoms with Gasteiger partial charge in [-0.3, -0.25) is 0 Å². The molecule has 0 N–H and O–H groups in total. The van der Waals surface area contributed by atoms with Gasteiger partial charge >= 0.3 is 0 Å². The average Bonchev–Trinajstić information content (AvgIpc) is 3.70. The van der Waals surface area contributed by atoms with Gasteiger partial charge in [-0.15, -0.1) is 0 Å². The smallest absolute Gasteiger partial charge is 0.160 e. The van der Waals surface area contributed by atoms with E-state index in [-0.39, 0.29) is 0 Å². The number of hydrogen-bond acceptors (Lipinski definition) is 2. The summed E-state index contributed by atoms with van der Waals surface area (Å²) < 4.78 is 2.38. The lowest BCUT2D eigenvalue weighted by Crippen LogP contribution is -1.99. The van der Waals surface area contributed by atoms with Gasteiger partial charge in [0, 0.05) is 45.1 Å². The summed E-state index contributed by atoms with van der Waals surface area (Å²) in [5, 5.41) is 4.96. The Bertz CT molecular complexity index is 2640. The molecule has 7 aromatic carbocycles. The lowest BCUT2D eigenvalue weighted by molar-refractivity contribution is 1.14. The zero-order chi connectivity index (χ0) is 31.6. The van der Waals surface area contributed by atoms with Crippen LogP contribution in [-0.2, 0) is 6.42 Å². The molecule has 0 atom stereocenters. The Hall–Kier alpha value is -6.32. The molecule has 0 amide bonds. The van der Waals surface area contributed by atoms with E-state index in [0.717, 1.165) is 40.4 Å². The van der Waals surface area contributed by atoms with E-state index in [1.165, 1.54) is 60.4 Å². The van der Waals surface area contributed by atoms with Crippen molar-refractivity contribution in [3.8, 4) is 50.7 Å². The molecule has 0 saturated carbocycles. The first-order valence-electron chi connectivity index (χ1n) is 16.5. The van der Waals surface area contributed by atoms with Gasteiger partial charge in [-0.05, 0) is 51.7 Å². The number of para-hydroxylation sites is 2. The Kier molecular flexibility index (Phi) is 5.94. The first-order valence-corrected chi connectivity index (χ1v) is 16.5. The quantitative estimate of drug-likeness (QED) is 0.198. The minimum Gasteiger partial charge on any atom is -0.309 e. The summed E-state index contributed by atoms with van der Waals surface area (Å²) in [7, 11) is 0. The second kappa shape index (κ2) is 10.6. The fourth-order valence-corrected chi connectivity index (χ4v) is 7.61. The molecule has 2 heterocycles. The highest BCUT2D eigenvalue weighted by Crippen LogP contribution is 2.44. The van der Waals surface area contributed by atoms with Crippen LogP contribution in [0.5, 0.6) is 0 Å². The van der Waals surface area contributed by atoms with Crippen molar-refractivity contribution in [2.24, 2.45) is 0 Å². The third kappa shape index (κ3) is 4.14. The second-order valence-electron chi connectivity index (χ2n) is 12.6. The molecule has 0 fully saturated rings. The number of benzene rings is 7. The molecular weight excluding hydrogens is 583 g/mol. The molecule has 10 rings (SSSR count). The maximum absolute atomic E-state index is 5.27. The zero-order valence-corrected chi connectivity index (χ0v) is 26.1. The van der Waals surface area contributed by atoms with E-state index in [1.54, 1.807) is 0 Å². The molecule has 0 bridgehead atoms. The van der Waals surface area contributed by atoms with E-state index in [9.17, 15) is 0 Å². The van der Waals surface area contributed by atoms with Crippen molar-refractivity contribution in [2.45, 2.75) is 6.42 Å². The van der Waals surface area contributed by atoms with Crippen molar-refractivity contribution >= 4 is 32.6 Å². The molecule has 3 heteroatoms. The van der Waals surface area contributed by atoms with Gasteiger partial charge in [0.2, 0.25) is 0 Å². The molecule has 2 aromatic heterocycles. The SMILES string of the molecule is c1ccc(-c2nc3c(c(-c4cccc5ccccc45)n2)Cc2cc(-c4cccc(-n5c6ccccc6c6ccccc65)c4)ccc2-3)cc1. The summed E-state index contributed by atoms with van der Waals surface area (Å²) in [4.78, 5) is 10.5. The van der Waals surface area contributed by atoms with Gasteiger partial charge in [0.15, 0.2) is 5.82 Å². The summed E-state index contributed by atoms with van der Waals surface area (Å²) in [6.45, 7) is 0. The number of aromatic nitrogens is 3. The average molecular weight is 612 g/mol. The largest absolute Gasteiger partial charge is 0.309 e. The molecule has 1 aliphatic carbocycles. The van der Waals surface area contributed by atoms with Crippen molar-refractivity contribution in [1.29, 1.82) is 0 Å². The van der Waals surface area contributed by atoms with E-state index in [2.05, 4.69) is 162 Å². The summed E-state index contributed by atoms with van der Waals surface area (Å²) in [5.74, 6) is 0.757. The Morgan fingerprint density at radius 3 is 1.83 bits per heavy atom. The van der Waals surface area contributed by atoms with E-state index >= 15 is 0 Å². The van der Waals surface area contributed by atoms with Crippen LogP contribution in [0.2, 0.25) is 0 Å². The molecule has 1 aliphatic rings. The van der Waals surface area contributed by atoms with Crippen molar-refractivity contribution in [2.75, 3.05) is 0 Å². The maximum Gasteiger partial charge on any atom is 0.160 e. The van der Waals surface area contributed by atoms with Crippen LogP contribution in [0.15, 0.2) is 164 Å². The van der Waals surface area contributed by atoms with Crippen LogP contribution in [0.4, 0.5) is 0 Å². The summed E-state index contributed by atoms with van der Waals surface area (Å²) >= 11 is 0. The monoisotopic (exact) mass is 611 g/mol. The highest BCUT2D eigenvalue weighted by molar-refractivity contribution is 6.09. The van der Waals surface area contributed by atoms with Crippen LogP contribution >= 0.6 is 0 Å². The second-order valence-corrected chi connectivity index (χ2v) is 12.6. The molecule has 0 saturated heterocycles. The maximum atomic E-state index is 5.27. The topological polar surface area (TPSA) is 30.7 Å². The lowest BCUT2D eigenvalue weighted by atomic mass is 9.97. The Morgan fingerprint density at radius 2 is 1.04 bits per heavy atom. The molecule has 9 aromatic rings. The number of nitrogens with zero attached hydrogens (tertiary/aromatic N) is 3. The van der Waals surface area contributed by atoms with Crippen LogP contribution in [-0.4, -0.2) is 14.5 Å². The van der Waals surface area contributed by atoms with Crippen LogP contribution in [0.3, 0.4) is 0 Å². The molecule has 0 spiro atoms. The summed E-state index contributed by atoms with van der Waals surface area (Å²) in [6.07, 6.45) is 0.790.